The summed E-state index contributed by atoms with van der Waals surface area (Å²) in [6.45, 7) is 4.30. The van der Waals surface area contributed by atoms with Gasteiger partial charge in [0.2, 0.25) is 0 Å². The summed E-state index contributed by atoms with van der Waals surface area (Å²) in [4.78, 5) is 3.99. The lowest BCUT2D eigenvalue weighted by molar-refractivity contribution is 0.125. The van der Waals surface area contributed by atoms with Gasteiger partial charge in [-0.15, -0.1) is 0 Å². The van der Waals surface area contributed by atoms with Crippen LogP contribution in [0.25, 0.3) is 0 Å². The van der Waals surface area contributed by atoms with E-state index < -0.39 is 0 Å². The zero-order valence-corrected chi connectivity index (χ0v) is 7.94. The van der Waals surface area contributed by atoms with Crippen molar-refractivity contribution in [3.05, 3.63) is 18.2 Å². The van der Waals surface area contributed by atoms with Gasteiger partial charge in [0.1, 0.15) is 12.4 Å². The fourth-order valence-corrected chi connectivity index (χ4v) is 1.10. The summed E-state index contributed by atoms with van der Waals surface area (Å²) >= 11 is 0. The minimum Gasteiger partial charge on any atom is -0.388 e. The molecule has 1 N–H and O–H groups in total. The molecule has 13 heavy (non-hydrogen) atoms. The van der Waals surface area contributed by atoms with E-state index in [2.05, 4.69) is 11.9 Å². The monoisotopic (exact) mass is 184 g/mol. The van der Waals surface area contributed by atoms with Crippen LogP contribution in [0.2, 0.25) is 0 Å². The summed E-state index contributed by atoms with van der Waals surface area (Å²) in [5.41, 5.74) is 0. The molecule has 0 radical (unpaired) electrons. The fourth-order valence-electron chi connectivity index (χ4n) is 1.10. The number of aliphatic hydroxyl groups excluding tert-OH is 1. The number of nitrogens with zero attached hydrogens (tertiary/aromatic N) is 2. The van der Waals surface area contributed by atoms with Gasteiger partial charge >= 0.3 is 0 Å². The van der Waals surface area contributed by atoms with Crippen LogP contribution in [0.3, 0.4) is 0 Å². The molecule has 1 heterocycles. The number of aromatic nitrogens is 2. The lowest BCUT2D eigenvalue weighted by atomic mass is 10.5. The maximum atomic E-state index is 8.89. The van der Waals surface area contributed by atoms with Crippen LogP contribution in [-0.4, -0.2) is 27.9 Å². The first-order valence-electron chi connectivity index (χ1n) is 4.57. The number of rotatable bonds is 6. The van der Waals surface area contributed by atoms with Gasteiger partial charge in [-0.2, -0.15) is 0 Å². The zero-order chi connectivity index (χ0) is 9.52. The number of imidazole rings is 1. The van der Waals surface area contributed by atoms with Gasteiger partial charge in [-0.1, -0.05) is 6.92 Å². The number of aliphatic hydroxyl groups is 1. The minimum atomic E-state index is -0.0131. The molecule has 1 aromatic heterocycles. The normalized spacial score (nSPS) is 10.6. The molecule has 0 spiro atoms. The van der Waals surface area contributed by atoms with Gasteiger partial charge in [-0.05, 0) is 6.42 Å². The quantitative estimate of drug-likeness (QED) is 0.665. The van der Waals surface area contributed by atoms with Crippen molar-refractivity contribution in [3.8, 4) is 0 Å². The van der Waals surface area contributed by atoms with E-state index in [0.29, 0.717) is 12.4 Å². The van der Waals surface area contributed by atoms with Crippen molar-refractivity contribution in [2.75, 3.05) is 13.2 Å². The molecule has 4 heteroatoms. The molecule has 0 unspecified atom stereocenters. The Balaban J connectivity index is 2.27. The third-order valence-corrected chi connectivity index (χ3v) is 1.77. The molecular formula is C9H16N2O2. The molecule has 0 atom stereocenters. The standard InChI is InChI=1S/C9H16N2O2/c1-2-6-13-7-5-11-4-3-10-9(11)8-12/h3-4,12H,2,5-8H2,1H3. The van der Waals surface area contributed by atoms with Gasteiger partial charge in [-0.25, -0.2) is 4.98 Å². The zero-order valence-electron chi connectivity index (χ0n) is 7.94. The summed E-state index contributed by atoms with van der Waals surface area (Å²) in [7, 11) is 0. The Labute approximate surface area is 78.2 Å². The second-order valence-corrected chi connectivity index (χ2v) is 2.81. The highest BCUT2D eigenvalue weighted by atomic mass is 16.5. The van der Waals surface area contributed by atoms with Gasteiger partial charge < -0.3 is 14.4 Å². The Hall–Kier alpha value is -0.870. The summed E-state index contributed by atoms with van der Waals surface area (Å²) in [5.74, 6) is 0.695. The number of hydrogen-bond donors (Lipinski definition) is 1. The van der Waals surface area contributed by atoms with Crippen LogP contribution in [0.5, 0.6) is 0 Å². The van der Waals surface area contributed by atoms with Crippen LogP contribution in [0, 0.1) is 0 Å². The van der Waals surface area contributed by atoms with Gasteiger partial charge in [0.05, 0.1) is 6.61 Å². The van der Waals surface area contributed by atoms with Crippen molar-refractivity contribution in [1.29, 1.82) is 0 Å². The fraction of sp³-hybridized carbons (Fsp3) is 0.667. The van der Waals surface area contributed by atoms with Crippen molar-refractivity contribution < 1.29 is 9.84 Å². The van der Waals surface area contributed by atoms with E-state index >= 15 is 0 Å². The van der Waals surface area contributed by atoms with Crippen LogP contribution in [0.15, 0.2) is 12.4 Å². The molecule has 0 amide bonds. The Kier molecular flexibility index (Phi) is 4.49. The van der Waals surface area contributed by atoms with E-state index in [1.807, 2.05) is 10.8 Å². The molecule has 0 aliphatic rings. The van der Waals surface area contributed by atoms with E-state index in [9.17, 15) is 0 Å². The van der Waals surface area contributed by atoms with Gasteiger partial charge in [0.15, 0.2) is 0 Å². The maximum Gasteiger partial charge on any atom is 0.134 e. The van der Waals surface area contributed by atoms with Crippen LogP contribution in [0.1, 0.15) is 19.2 Å². The Morgan fingerprint density at radius 1 is 1.54 bits per heavy atom. The SMILES string of the molecule is CCCOCCn1ccnc1CO. The van der Waals surface area contributed by atoms with E-state index in [0.717, 1.165) is 19.6 Å². The van der Waals surface area contributed by atoms with E-state index in [1.165, 1.54) is 0 Å². The summed E-state index contributed by atoms with van der Waals surface area (Å²) in [6.07, 6.45) is 4.57. The Morgan fingerprint density at radius 2 is 2.38 bits per heavy atom. The Bertz CT molecular complexity index is 235. The van der Waals surface area contributed by atoms with Crippen LogP contribution < -0.4 is 0 Å². The molecule has 0 fully saturated rings. The van der Waals surface area contributed by atoms with E-state index in [1.54, 1.807) is 6.20 Å². The van der Waals surface area contributed by atoms with Crippen LogP contribution >= 0.6 is 0 Å². The second-order valence-electron chi connectivity index (χ2n) is 2.81. The number of hydrogen-bond acceptors (Lipinski definition) is 3. The number of ether oxygens (including phenoxy) is 1. The highest BCUT2D eigenvalue weighted by Gasteiger charge is 1.99. The highest BCUT2D eigenvalue weighted by Crippen LogP contribution is 1.97. The molecule has 1 rings (SSSR count). The van der Waals surface area contributed by atoms with Gasteiger partial charge in [0, 0.05) is 25.5 Å². The average Bonchev–Trinajstić information content (AvgIpc) is 2.60. The first-order chi connectivity index (χ1) is 6.38. The minimum absolute atomic E-state index is 0.0131. The van der Waals surface area contributed by atoms with Crippen molar-refractivity contribution in [3.63, 3.8) is 0 Å². The first kappa shape index (κ1) is 10.2. The van der Waals surface area contributed by atoms with Gasteiger partial charge in [-0.3, -0.25) is 0 Å². The molecule has 0 aliphatic heterocycles. The molecule has 0 saturated carbocycles. The van der Waals surface area contributed by atoms with Gasteiger partial charge in [0.25, 0.3) is 0 Å². The third kappa shape index (κ3) is 3.16. The molecule has 0 saturated heterocycles. The lowest BCUT2D eigenvalue weighted by Crippen LogP contribution is -2.09. The summed E-state index contributed by atoms with van der Waals surface area (Å²) in [5, 5.41) is 8.89. The predicted molar refractivity (Wildman–Crippen MR) is 49.3 cm³/mol. The second kappa shape index (κ2) is 5.72. The Morgan fingerprint density at radius 3 is 3.08 bits per heavy atom. The molecule has 0 aromatic carbocycles. The van der Waals surface area contributed by atoms with Crippen molar-refractivity contribution >= 4 is 0 Å². The van der Waals surface area contributed by atoms with Crippen LogP contribution in [0.4, 0.5) is 0 Å². The molecule has 0 bridgehead atoms. The first-order valence-corrected chi connectivity index (χ1v) is 4.57. The van der Waals surface area contributed by atoms with Crippen molar-refractivity contribution in [2.45, 2.75) is 26.5 Å². The van der Waals surface area contributed by atoms with Crippen molar-refractivity contribution in [1.82, 2.24) is 9.55 Å². The van der Waals surface area contributed by atoms with Crippen molar-refractivity contribution in [2.24, 2.45) is 0 Å². The molecular weight excluding hydrogens is 168 g/mol. The topological polar surface area (TPSA) is 47.3 Å². The van der Waals surface area contributed by atoms with E-state index in [4.69, 9.17) is 9.84 Å². The molecule has 4 nitrogen and oxygen atoms in total. The maximum absolute atomic E-state index is 8.89. The third-order valence-electron chi connectivity index (χ3n) is 1.77. The predicted octanol–water partition coefficient (Wildman–Crippen LogP) is 0.802. The smallest absolute Gasteiger partial charge is 0.134 e. The molecule has 74 valence electrons. The lowest BCUT2D eigenvalue weighted by Gasteiger charge is -2.05. The summed E-state index contributed by atoms with van der Waals surface area (Å²) < 4.78 is 7.22. The average molecular weight is 184 g/mol. The largest absolute Gasteiger partial charge is 0.388 e. The molecule has 0 aliphatic carbocycles. The highest BCUT2D eigenvalue weighted by molar-refractivity contribution is 4.89. The summed E-state index contributed by atoms with van der Waals surface area (Å²) in [6, 6.07) is 0. The van der Waals surface area contributed by atoms with E-state index in [-0.39, 0.29) is 6.61 Å². The molecule has 1 aromatic rings. The van der Waals surface area contributed by atoms with Crippen LogP contribution in [-0.2, 0) is 17.9 Å².